The molecule has 2 heterocycles. The van der Waals surface area contributed by atoms with Crippen molar-refractivity contribution in [3.63, 3.8) is 0 Å². The Morgan fingerprint density at radius 2 is 1.88 bits per heavy atom. The Labute approximate surface area is 106 Å². The lowest BCUT2D eigenvalue weighted by atomic mass is 10.1. The Kier molecular flexibility index (Phi) is 5.88. The molecule has 17 heavy (non-hydrogen) atoms. The van der Waals surface area contributed by atoms with Gasteiger partial charge >= 0.3 is 0 Å². The Balaban J connectivity index is 0.000000317. The van der Waals surface area contributed by atoms with Gasteiger partial charge in [-0.25, -0.2) is 0 Å². The van der Waals surface area contributed by atoms with Crippen molar-refractivity contribution in [2.24, 2.45) is 0 Å². The minimum atomic E-state index is 1.08. The molecule has 1 aliphatic rings. The number of rotatable bonds is 2. The van der Waals surface area contributed by atoms with Gasteiger partial charge in [-0.1, -0.05) is 13.0 Å². The van der Waals surface area contributed by atoms with Crippen LogP contribution in [0.25, 0.3) is 0 Å². The van der Waals surface area contributed by atoms with Gasteiger partial charge in [0.15, 0.2) is 0 Å². The fraction of sp³-hybridized carbons (Fsp3) is 0.600. The van der Waals surface area contributed by atoms with Crippen LogP contribution in [0.15, 0.2) is 18.9 Å². The minimum absolute atomic E-state index is 1.08. The van der Waals surface area contributed by atoms with Crippen LogP contribution in [0, 0.1) is 13.8 Å². The third-order valence-corrected chi connectivity index (χ3v) is 3.36. The van der Waals surface area contributed by atoms with Crippen LogP contribution < -0.4 is 4.90 Å². The van der Waals surface area contributed by atoms with E-state index in [1.807, 2.05) is 6.08 Å². The van der Waals surface area contributed by atoms with Crippen LogP contribution in [0.4, 0.5) is 5.69 Å². The largest absolute Gasteiger partial charge is 0.370 e. The van der Waals surface area contributed by atoms with E-state index >= 15 is 0 Å². The van der Waals surface area contributed by atoms with E-state index in [9.17, 15) is 0 Å². The molecular formula is C15H26N2. The highest BCUT2D eigenvalue weighted by Gasteiger charge is 2.14. The first-order valence-corrected chi connectivity index (χ1v) is 6.71. The van der Waals surface area contributed by atoms with E-state index in [1.54, 1.807) is 0 Å². The highest BCUT2D eigenvalue weighted by Crippen LogP contribution is 2.25. The molecule has 2 rings (SSSR count). The Morgan fingerprint density at radius 3 is 2.29 bits per heavy atom. The van der Waals surface area contributed by atoms with Crippen molar-refractivity contribution in [2.45, 2.75) is 46.5 Å². The number of hydrogen-bond donors (Lipinski definition) is 1. The second-order valence-electron chi connectivity index (χ2n) is 4.67. The molecule has 0 unspecified atom stereocenters. The monoisotopic (exact) mass is 234 g/mol. The number of nitrogens with zero attached hydrogens (tertiary/aromatic N) is 1. The van der Waals surface area contributed by atoms with Gasteiger partial charge in [0.2, 0.25) is 0 Å². The highest BCUT2D eigenvalue weighted by molar-refractivity contribution is 5.54. The van der Waals surface area contributed by atoms with E-state index in [4.69, 9.17) is 0 Å². The molecular weight excluding hydrogens is 208 g/mol. The standard InChI is InChI=1S/C11H18N2.C4H8/c1-9-10(2)12-8-11(9)13-6-4-3-5-7-13;1-3-4-2/h8,12H,3-7H2,1-2H3;3H,1,4H2,2H3. The Morgan fingerprint density at radius 1 is 1.29 bits per heavy atom. The number of nitrogens with one attached hydrogen (secondary N) is 1. The minimum Gasteiger partial charge on any atom is -0.370 e. The van der Waals surface area contributed by atoms with Gasteiger partial charge in [-0.2, -0.15) is 0 Å². The molecule has 1 aliphatic heterocycles. The Bertz CT molecular complexity index is 333. The number of allylic oxidation sites excluding steroid dienone is 1. The molecule has 0 bridgehead atoms. The first-order valence-electron chi connectivity index (χ1n) is 6.71. The summed E-state index contributed by atoms with van der Waals surface area (Å²) in [5, 5.41) is 0. The van der Waals surface area contributed by atoms with Crippen LogP contribution in [0.3, 0.4) is 0 Å². The summed E-state index contributed by atoms with van der Waals surface area (Å²) in [6.07, 6.45) is 9.21. The van der Waals surface area contributed by atoms with Crippen molar-refractivity contribution in [1.82, 2.24) is 4.98 Å². The molecule has 0 spiro atoms. The third-order valence-electron chi connectivity index (χ3n) is 3.36. The van der Waals surface area contributed by atoms with Crippen LogP contribution >= 0.6 is 0 Å². The molecule has 1 fully saturated rings. The number of aromatic amines is 1. The fourth-order valence-electron chi connectivity index (χ4n) is 2.05. The molecule has 1 saturated heterocycles. The molecule has 0 atom stereocenters. The normalized spacial score (nSPS) is 15.1. The number of piperidine rings is 1. The molecule has 1 aromatic rings. The first kappa shape index (κ1) is 13.9. The molecule has 2 heteroatoms. The lowest BCUT2D eigenvalue weighted by Crippen LogP contribution is -2.29. The van der Waals surface area contributed by atoms with E-state index in [-0.39, 0.29) is 0 Å². The molecule has 0 saturated carbocycles. The lowest BCUT2D eigenvalue weighted by molar-refractivity contribution is 0.577. The van der Waals surface area contributed by atoms with E-state index in [0.717, 1.165) is 6.42 Å². The predicted molar refractivity (Wildman–Crippen MR) is 76.8 cm³/mol. The number of aryl methyl sites for hydroxylation is 1. The van der Waals surface area contributed by atoms with Gasteiger partial charge in [0, 0.05) is 25.0 Å². The van der Waals surface area contributed by atoms with Gasteiger partial charge in [-0.3, -0.25) is 0 Å². The van der Waals surface area contributed by atoms with Crippen LogP contribution in [0.2, 0.25) is 0 Å². The summed E-state index contributed by atoms with van der Waals surface area (Å²) >= 11 is 0. The van der Waals surface area contributed by atoms with Crippen molar-refractivity contribution in [1.29, 1.82) is 0 Å². The molecule has 2 nitrogen and oxygen atoms in total. The van der Waals surface area contributed by atoms with Gasteiger partial charge in [0.1, 0.15) is 0 Å². The summed E-state index contributed by atoms with van der Waals surface area (Å²) in [7, 11) is 0. The predicted octanol–water partition coefficient (Wildman–Crippen LogP) is 4.20. The van der Waals surface area contributed by atoms with Gasteiger partial charge < -0.3 is 9.88 Å². The molecule has 0 amide bonds. The first-order chi connectivity index (χ1) is 8.20. The van der Waals surface area contributed by atoms with Crippen molar-refractivity contribution < 1.29 is 0 Å². The number of hydrogen-bond acceptors (Lipinski definition) is 1. The summed E-state index contributed by atoms with van der Waals surface area (Å²) in [5.74, 6) is 0. The summed E-state index contributed by atoms with van der Waals surface area (Å²) in [6.45, 7) is 12.4. The zero-order chi connectivity index (χ0) is 12.7. The van der Waals surface area contributed by atoms with E-state index in [2.05, 4.69) is 43.4 Å². The number of H-pyrrole nitrogens is 1. The second kappa shape index (κ2) is 7.21. The van der Waals surface area contributed by atoms with Crippen LogP contribution in [0.5, 0.6) is 0 Å². The molecule has 0 aromatic carbocycles. The van der Waals surface area contributed by atoms with Crippen LogP contribution in [-0.4, -0.2) is 18.1 Å². The summed E-state index contributed by atoms with van der Waals surface area (Å²) in [4.78, 5) is 5.79. The van der Waals surface area contributed by atoms with E-state index < -0.39 is 0 Å². The average Bonchev–Trinajstić information content (AvgIpc) is 2.71. The van der Waals surface area contributed by atoms with Crippen molar-refractivity contribution in [3.05, 3.63) is 30.1 Å². The van der Waals surface area contributed by atoms with Gasteiger partial charge in [0.05, 0.1) is 5.69 Å². The van der Waals surface area contributed by atoms with Gasteiger partial charge in [-0.05, 0) is 45.1 Å². The second-order valence-corrected chi connectivity index (χ2v) is 4.67. The zero-order valence-corrected chi connectivity index (χ0v) is 11.6. The highest BCUT2D eigenvalue weighted by atomic mass is 15.1. The average molecular weight is 234 g/mol. The summed E-state index contributed by atoms with van der Waals surface area (Å²) < 4.78 is 0. The topological polar surface area (TPSA) is 19.0 Å². The summed E-state index contributed by atoms with van der Waals surface area (Å²) in [6, 6.07) is 0. The molecule has 0 aliphatic carbocycles. The van der Waals surface area contributed by atoms with Gasteiger partial charge in [-0.15, -0.1) is 6.58 Å². The molecule has 96 valence electrons. The van der Waals surface area contributed by atoms with Crippen molar-refractivity contribution in [2.75, 3.05) is 18.0 Å². The zero-order valence-electron chi connectivity index (χ0n) is 11.6. The summed E-state index contributed by atoms with van der Waals surface area (Å²) in [5.41, 5.74) is 4.14. The molecule has 0 radical (unpaired) electrons. The SMILES string of the molecule is C=CCC.Cc1[nH]cc(N2CCCCC2)c1C. The maximum absolute atomic E-state index is 3.48. The Hall–Kier alpha value is -1.18. The van der Waals surface area contributed by atoms with E-state index in [1.165, 1.54) is 49.3 Å². The quantitative estimate of drug-likeness (QED) is 0.760. The maximum atomic E-state index is 3.48. The molecule has 1 N–H and O–H groups in total. The third kappa shape index (κ3) is 3.95. The smallest absolute Gasteiger partial charge is 0.0576 e. The number of aromatic nitrogens is 1. The fourth-order valence-corrected chi connectivity index (χ4v) is 2.05. The van der Waals surface area contributed by atoms with Crippen LogP contribution in [0.1, 0.15) is 43.9 Å². The van der Waals surface area contributed by atoms with Crippen LogP contribution in [-0.2, 0) is 0 Å². The maximum Gasteiger partial charge on any atom is 0.0576 e. The molecule has 1 aromatic heterocycles. The number of anilines is 1. The van der Waals surface area contributed by atoms with Crippen molar-refractivity contribution >= 4 is 5.69 Å². The lowest BCUT2D eigenvalue weighted by Gasteiger charge is -2.28. The van der Waals surface area contributed by atoms with Gasteiger partial charge in [0.25, 0.3) is 0 Å². The van der Waals surface area contributed by atoms with E-state index in [0.29, 0.717) is 0 Å². The van der Waals surface area contributed by atoms with Crippen molar-refractivity contribution in [3.8, 4) is 0 Å².